The molecule has 1 aliphatic heterocycles. The maximum absolute atomic E-state index is 13.0. The molecule has 0 aliphatic carbocycles. The summed E-state index contributed by atoms with van der Waals surface area (Å²) in [4.78, 5) is 0. The fourth-order valence-electron chi connectivity index (χ4n) is 3.01. The minimum absolute atomic E-state index is 0.134. The lowest BCUT2D eigenvalue weighted by molar-refractivity contribution is -0.148. The van der Waals surface area contributed by atoms with Gasteiger partial charge in [0.05, 0.1) is 0 Å². The average Bonchev–Trinajstić information content (AvgIpc) is 2.71. The fraction of sp³-hybridized carbons (Fsp3) is 0.478. The standard InChI is InChI=1S/C23H29ClF4N2O/c1-16-11-20(24)7-3-5-17(2)30-14-19(16)9-10-29-13-18-6-4-8-21(12-18)31-15-23(27,28)22(25)26/h3-6,8,11-12,14,16-17,22,29-30H,7,9-10,13,15H2,1-2H3/b5-3-,19-14-,20-11+. The zero-order valence-corrected chi connectivity index (χ0v) is 18.4. The summed E-state index contributed by atoms with van der Waals surface area (Å²) in [6.45, 7) is 4.00. The monoisotopic (exact) mass is 460 g/mol. The molecule has 2 unspecified atom stereocenters. The van der Waals surface area contributed by atoms with Gasteiger partial charge < -0.3 is 15.4 Å². The van der Waals surface area contributed by atoms with Gasteiger partial charge in [-0.3, -0.25) is 0 Å². The van der Waals surface area contributed by atoms with Gasteiger partial charge >= 0.3 is 12.3 Å². The lowest BCUT2D eigenvalue weighted by atomic mass is 9.97. The first-order valence-corrected chi connectivity index (χ1v) is 10.6. The molecule has 3 nitrogen and oxygen atoms in total. The van der Waals surface area contributed by atoms with E-state index in [0.29, 0.717) is 19.5 Å². The largest absolute Gasteiger partial charge is 0.487 e. The van der Waals surface area contributed by atoms with Crippen molar-refractivity contribution in [2.45, 2.75) is 51.6 Å². The molecule has 8 heteroatoms. The molecule has 31 heavy (non-hydrogen) atoms. The zero-order valence-electron chi connectivity index (χ0n) is 17.7. The number of rotatable bonds is 9. The molecule has 0 amide bonds. The van der Waals surface area contributed by atoms with Gasteiger partial charge in [-0.25, -0.2) is 8.78 Å². The predicted octanol–water partition coefficient (Wildman–Crippen LogP) is 6.03. The Balaban J connectivity index is 1.87. The Bertz CT molecular complexity index is 796. The van der Waals surface area contributed by atoms with Crippen molar-refractivity contribution in [1.29, 1.82) is 0 Å². The lowest BCUT2D eigenvalue weighted by Crippen LogP contribution is -2.33. The highest BCUT2D eigenvalue weighted by atomic mass is 35.5. The van der Waals surface area contributed by atoms with Crippen molar-refractivity contribution in [3.63, 3.8) is 0 Å². The molecular weight excluding hydrogens is 432 g/mol. The number of ether oxygens (including phenoxy) is 1. The molecule has 0 radical (unpaired) electrons. The minimum Gasteiger partial charge on any atom is -0.487 e. The number of alkyl halides is 4. The molecule has 1 aliphatic rings. The molecular formula is C23H29ClF4N2O. The molecule has 0 saturated heterocycles. The maximum Gasteiger partial charge on any atom is 0.340 e. The van der Waals surface area contributed by atoms with Gasteiger partial charge in [0.15, 0.2) is 6.61 Å². The van der Waals surface area contributed by atoms with Crippen molar-refractivity contribution in [2.24, 2.45) is 5.92 Å². The van der Waals surface area contributed by atoms with Gasteiger partial charge in [0.1, 0.15) is 5.75 Å². The first-order chi connectivity index (χ1) is 14.7. The molecule has 2 atom stereocenters. The van der Waals surface area contributed by atoms with E-state index in [4.69, 9.17) is 16.3 Å². The molecule has 1 heterocycles. The van der Waals surface area contributed by atoms with Gasteiger partial charge in [-0.2, -0.15) is 8.78 Å². The van der Waals surface area contributed by atoms with Crippen LogP contribution in [0.1, 0.15) is 32.3 Å². The van der Waals surface area contributed by atoms with Gasteiger partial charge in [0.25, 0.3) is 0 Å². The van der Waals surface area contributed by atoms with Crippen molar-refractivity contribution in [1.82, 2.24) is 10.6 Å². The van der Waals surface area contributed by atoms with E-state index in [0.717, 1.165) is 17.0 Å². The van der Waals surface area contributed by atoms with E-state index in [-0.39, 0.29) is 17.7 Å². The summed E-state index contributed by atoms with van der Waals surface area (Å²) >= 11 is 6.30. The number of halogens is 5. The lowest BCUT2D eigenvalue weighted by Gasteiger charge is -2.18. The van der Waals surface area contributed by atoms with Crippen molar-refractivity contribution >= 4 is 11.6 Å². The quantitative estimate of drug-likeness (QED) is 0.268. The number of hydrogen-bond acceptors (Lipinski definition) is 3. The number of nitrogens with one attached hydrogen (secondary N) is 2. The van der Waals surface area contributed by atoms with Crippen molar-refractivity contribution in [3.05, 3.63) is 64.9 Å². The van der Waals surface area contributed by atoms with Crippen LogP contribution in [0.15, 0.2) is 59.3 Å². The third kappa shape index (κ3) is 8.95. The number of allylic oxidation sites excluding steroid dienone is 3. The van der Waals surface area contributed by atoms with Crippen LogP contribution < -0.4 is 15.4 Å². The Morgan fingerprint density at radius 3 is 2.81 bits per heavy atom. The molecule has 0 spiro atoms. The highest BCUT2D eigenvalue weighted by molar-refractivity contribution is 6.29. The van der Waals surface area contributed by atoms with Gasteiger partial charge in [-0.15, -0.1) is 0 Å². The van der Waals surface area contributed by atoms with Gasteiger partial charge in [0.2, 0.25) is 0 Å². The molecule has 0 bridgehead atoms. The second kappa shape index (κ2) is 12.2. The third-order valence-corrected chi connectivity index (χ3v) is 5.13. The maximum atomic E-state index is 13.0. The predicted molar refractivity (Wildman–Crippen MR) is 117 cm³/mol. The third-order valence-electron chi connectivity index (χ3n) is 4.85. The van der Waals surface area contributed by atoms with E-state index in [2.05, 4.69) is 36.6 Å². The molecule has 0 fully saturated rings. The zero-order chi connectivity index (χ0) is 22.9. The average molecular weight is 461 g/mol. The molecule has 2 N–H and O–H groups in total. The molecule has 1 aromatic rings. The molecule has 0 aromatic heterocycles. The van der Waals surface area contributed by atoms with Crippen molar-refractivity contribution in [2.75, 3.05) is 13.2 Å². The van der Waals surface area contributed by atoms with Crippen LogP contribution in [-0.2, 0) is 6.54 Å². The Morgan fingerprint density at radius 1 is 1.29 bits per heavy atom. The van der Waals surface area contributed by atoms with Crippen LogP contribution in [0.5, 0.6) is 5.75 Å². The molecule has 172 valence electrons. The van der Waals surface area contributed by atoms with Crippen LogP contribution in [0.25, 0.3) is 0 Å². The summed E-state index contributed by atoms with van der Waals surface area (Å²) in [5.41, 5.74) is 2.02. The summed E-state index contributed by atoms with van der Waals surface area (Å²) in [5, 5.41) is 7.49. The van der Waals surface area contributed by atoms with Crippen LogP contribution in [0, 0.1) is 5.92 Å². The SMILES string of the molecule is CC1/C=C\C/C(Cl)=C\C(C)/C(CCNCc2cccc(OCC(F)(F)C(F)F)c2)=C\N1. The van der Waals surface area contributed by atoms with E-state index in [1.165, 1.54) is 11.6 Å². The van der Waals surface area contributed by atoms with Crippen molar-refractivity contribution in [3.8, 4) is 5.75 Å². The van der Waals surface area contributed by atoms with Crippen molar-refractivity contribution < 1.29 is 22.3 Å². The van der Waals surface area contributed by atoms with Gasteiger partial charge in [-0.05, 0) is 55.3 Å². The summed E-state index contributed by atoms with van der Waals surface area (Å²) in [6, 6.07) is 6.70. The summed E-state index contributed by atoms with van der Waals surface area (Å²) in [5.74, 6) is -3.85. The van der Waals surface area contributed by atoms with Gasteiger partial charge in [-0.1, -0.05) is 48.9 Å². The fourth-order valence-corrected chi connectivity index (χ4v) is 3.29. The van der Waals surface area contributed by atoms with E-state index in [1.807, 2.05) is 18.3 Å². The Kier molecular flexibility index (Phi) is 9.91. The Labute approximate surface area is 186 Å². The van der Waals surface area contributed by atoms with Crippen LogP contribution >= 0.6 is 11.6 Å². The number of hydrogen-bond donors (Lipinski definition) is 2. The topological polar surface area (TPSA) is 33.3 Å². The minimum atomic E-state index is -4.17. The highest BCUT2D eigenvalue weighted by Crippen LogP contribution is 2.25. The smallest absolute Gasteiger partial charge is 0.340 e. The summed E-state index contributed by atoms with van der Waals surface area (Å²) in [6.07, 6.45) is 5.96. The second-order valence-corrected chi connectivity index (χ2v) is 8.12. The highest BCUT2D eigenvalue weighted by Gasteiger charge is 2.41. The van der Waals surface area contributed by atoms with E-state index in [1.54, 1.807) is 12.1 Å². The van der Waals surface area contributed by atoms with Crippen LogP contribution in [0.4, 0.5) is 17.6 Å². The molecule has 0 saturated carbocycles. The van der Waals surface area contributed by atoms with Crippen LogP contribution in [0.3, 0.4) is 0 Å². The summed E-state index contributed by atoms with van der Waals surface area (Å²) in [7, 11) is 0. The van der Waals surface area contributed by atoms with Gasteiger partial charge in [0, 0.05) is 24.0 Å². The van der Waals surface area contributed by atoms with Crippen LogP contribution in [0.2, 0.25) is 0 Å². The van der Waals surface area contributed by atoms with E-state index < -0.39 is 19.0 Å². The second-order valence-electron chi connectivity index (χ2n) is 7.63. The Morgan fingerprint density at radius 2 is 2.06 bits per heavy atom. The number of benzene rings is 1. The van der Waals surface area contributed by atoms with E-state index >= 15 is 0 Å². The van der Waals surface area contributed by atoms with Crippen LogP contribution in [-0.4, -0.2) is 31.5 Å². The van der Waals surface area contributed by atoms with E-state index in [9.17, 15) is 17.6 Å². The normalized spacial score (nSPS) is 24.5. The Hall–Kier alpha value is -1.99. The summed E-state index contributed by atoms with van der Waals surface area (Å²) < 4.78 is 55.4. The molecule has 2 rings (SSSR count). The first-order valence-electron chi connectivity index (χ1n) is 10.2. The first kappa shape index (κ1) is 25.3. The molecule has 1 aromatic carbocycles.